The van der Waals surface area contributed by atoms with Gasteiger partial charge in [0.05, 0.1) is 11.0 Å². The summed E-state index contributed by atoms with van der Waals surface area (Å²) in [5.74, 6) is 1.52. The van der Waals surface area contributed by atoms with E-state index in [0.29, 0.717) is 13.2 Å². The van der Waals surface area contributed by atoms with Gasteiger partial charge in [-0.25, -0.2) is 4.98 Å². The first kappa shape index (κ1) is 17.0. The Kier molecular flexibility index (Phi) is 5.33. The summed E-state index contributed by atoms with van der Waals surface area (Å²) in [6, 6.07) is 15.7. The van der Waals surface area contributed by atoms with Crippen molar-refractivity contribution in [3.63, 3.8) is 0 Å². The zero-order chi connectivity index (χ0) is 17.6. The van der Waals surface area contributed by atoms with Crippen LogP contribution in [0.15, 0.2) is 48.5 Å². The quantitative estimate of drug-likeness (QED) is 0.718. The van der Waals surface area contributed by atoms with Crippen LogP contribution in [0.1, 0.15) is 24.7 Å². The maximum absolute atomic E-state index is 12.2. The lowest BCUT2D eigenvalue weighted by atomic mass is 10.2. The summed E-state index contributed by atoms with van der Waals surface area (Å²) in [7, 11) is 0. The lowest BCUT2D eigenvalue weighted by Crippen LogP contribution is -2.28. The molecule has 0 aliphatic rings. The van der Waals surface area contributed by atoms with Crippen LogP contribution in [-0.4, -0.2) is 22.0 Å². The van der Waals surface area contributed by atoms with Gasteiger partial charge < -0.3 is 14.6 Å². The third-order valence-corrected chi connectivity index (χ3v) is 4.00. The number of carbonyl (C=O) groups excluding carboxylic acids is 1. The highest BCUT2D eigenvalue weighted by atomic mass is 16.5. The van der Waals surface area contributed by atoms with Crippen LogP contribution < -0.4 is 10.1 Å². The molecule has 1 aromatic heterocycles. The van der Waals surface area contributed by atoms with Crippen molar-refractivity contribution >= 4 is 16.9 Å². The third-order valence-electron chi connectivity index (χ3n) is 4.00. The monoisotopic (exact) mass is 337 g/mol. The first-order valence-electron chi connectivity index (χ1n) is 8.57. The van der Waals surface area contributed by atoms with Gasteiger partial charge in [-0.1, -0.05) is 36.8 Å². The summed E-state index contributed by atoms with van der Waals surface area (Å²) >= 11 is 0. The van der Waals surface area contributed by atoms with E-state index in [-0.39, 0.29) is 12.5 Å². The highest BCUT2D eigenvalue weighted by Gasteiger charge is 2.14. The highest BCUT2D eigenvalue weighted by molar-refractivity contribution is 5.81. The summed E-state index contributed by atoms with van der Waals surface area (Å²) < 4.78 is 7.79. The van der Waals surface area contributed by atoms with Crippen molar-refractivity contribution in [2.45, 2.75) is 33.4 Å². The predicted molar refractivity (Wildman–Crippen MR) is 98.5 cm³/mol. The average Bonchev–Trinajstić information content (AvgIpc) is 2.97. The molecule has 5 heteroatoms. The van der Waals surface area contributed by atoms with Crippen molar-refractivity contribution in [3.05, 3.63) is 59.9 Å². The molecule has 0 saturated carbocycles. The Morgan fingerprint density at radius 3 is 2.68 bits per heavy atom. The molecule has 25 heavy (non-hydrogen) atoms. The van der Waals surface area contributed by atoms with Crippen molar-refractivity contribution in [1.29, 1.82) is 0 Å². The minimum Gasteiger partial charge on any atom is -0.486 e. The van der Waals surface area contributed by atoms with E-state index in [1.54, 1.807) is 0 Å². The Hall–Kier alpha value is -2.82. The molecule has 3 rings (SSSR count). The average molecular weight is 337 g/mol. The van der Waals surface area contributed by atoms with E-state index in [0.717, 1.165) is 29.0 Å². The van der Waals surface area contributed by atoms with Gasteiger partial charge in [0.1, 0.15) is 24.7 Å². The van der Waals surface area contributed by atoms with Crippen LogP contribution in [0.4, 0.5) is 0 Å². The van der Waals surface area contributed by atoms with Gasteiger partial charge in [0.2, 0.25) is 5.91 Å². The standard InChI is InChI=1S/C20H23N3O2/c1-3-12-21-20(24)13-23-18-7-5-4-6-17(18)22-19(23)14-25-16-10-8-15(2)9-11-16/h4-11H,3,12-14H2,1-2H3,(H,21,24). The zero-order valence-corrected chi connectivity index (χ0v) is 14.7. The molecule has 0 spiro atoms. The summed E-state index contributed by atoms with van der Waals surface area (Å²) in [5, 5.41) is 2.91. The first-order valence-corrected chi connectivity index (χ1v) is 8.57. The molecule has 2 aromatic carbocycles. The van der Waals surface area contributed by atoms with Gasteiger partial charge >= 0.3 is 0 Å². The summed E-state index contributed by atoms with van der Waals surface area (Å²) in [6.45, 7) is 5.32. The molecule has 1 amide bonds. The molecule has 0 aliphatic heterocycles. The fourth-order valence-electron chi connectivity index (χ4n) is 2.66. The SMILES string of the molecule is CCCNC(=O)Cn1c(COc2ccc(C)cc2)nc2ccccc21. The Balaban J connectivity index is 1.81. The molecule has 130 valence electrons. The number of aromatic nitrogens is 2. The van der Waals surface area contributed by atoms with Crippen LogP contribution in [0.3, 0.4) is 0 Å². The van der Waals surface area contributed by atoms with Crippen LogP contribution >= 0.6 is 0 Å². The molecule has 0 radical (unpaired) electrons. The zero-order valence-electron chi connectivity index (χ0n) is 14.7. The van der Waals surface area contributed by atoms with Gasteiger partial charge in [0.25, 0.3) is 0 Å². The van der Waals surface area contributed by atoms with E-state index in [4.69, 9.17) is 4.74 Å². The van der Waals surface area contributed by atoms with Gasteiger partial charge in [-0.3, -0.25) is 4.79 Å². The molecular weight excluding hydrogens is 314 g/mol. The lowest BCUT2D eigenvalue weighted by molar-refractivity contribution is -0.121. The normalized spacial score (nSPS) is 10.8. The smallest absolute Gasteiger partial charge is 0.240 e. The minimum absolute atomic E-state index is 0.0124. The molecule has 1 heterocycles. The second kappa shape index (κ2) is 7.83. The van der Waals surface area contributed by atoms with Crippen molar-refractivity contribution in [1.82, 2.24) is 14.9 Å². The minimum atomic E-state index is -0.0124. The number of hydrogen-bond acceptors (Lipinski definition) is 3. The molecule has 5 nitrogen and oxygen atoms in total. The molecule has 1 N–H and O–H groups in total. The third kappa shape index (κ3) is 4.18. The van der Waals surface area contributed by atoms with Crippen LogP contribution in [0, 0.1) is 6.92 Å². The second-order valence-electron chi connectivity index (χ2n) is 6.05. The molecule has 0 fully saturated rings. The van der Waals surface area contributed by atoms with Gasteiger partial charge in [-0.15, -0.1) is 0 Å². The van der Waals surface area contributed by atoms with Gasteiger partial charge in [-0.2, -0.15) is 0 Å². The second-order valence-corrected chi connectivity index (χ2v) is 6.05. The number of aryl methyl sites for hydroxylation is 1. The van der Waals surface area contributed by atoms with Gasteiger partial charge in [0, 0.05) is 6.54 Å². The number of amides is 1. The molecule has 0 saturated heterocycles. The number of hydrogen-bond donors (Lipinski definition) is 1. The fourth-order valence-corrected chi connectivity index (χ4v) is 2.66. The van der Waals surface area contributed by atoms with E-state index in [1.165, 1.54) is 5.56 Å². The number of imidazole rings is 1. The molecular formula is C20H23N3O2. The summed E-state index contributed by atoms with van der Waals surface area (Å²) in [5.41, 5.74) is 3.00. The highest BCUT2D eigenvalue weighted by Crippen LogP contribution is 2.18. The maximum Gasteiger partial charge on any atom is 0.240 e. The molecule has 0 unspecified atom stereocenters. The topological polar surface area (TPSA) is 56.2 Å². The number of ether oxygens (including phenoxy) is 1. The first-order chi connectivity index (χ1) is 12.2. The van der Waals surface area contributed by atoms with Crippen LogP contribution in [0.5, 0.6) is 5.75 Å². The Morgan fingerprint density at radius 2 is 1.92 bits per heavy atom. The van der Waals surface area contributed by atoms with Crippen molar-refractivity contribution in [2.75, 3.05) is 6.54 Å². The van der Waals surface area contributed by atoms with Crippen LogP contribution in [-0.2, 0) is 17.9 Å². The Morgan fingerprint density at radius 1 is 1.16 bits per heavy atom. The lowest BCUT2D eigenvalue weighted by Gasteiger charge is -2.11. The van der Waals surface area contributed by atoms with E-state index in [1.807, 2.05) is 66.9 Å². The predicted octanol–water partition coefficient (Wildman–Crippen LogP) is 3.45. The van der Waals surface area contributed by atoms with Gasteiger partial charge in [0.15, 0.2) is 0 Å². The summed E-state index contributed by atoms with van der Waals surface area (Å²) in [6.07, 6.45) is 0.916. The van der Waals surface area contributed by atoms with Crippen molar-refractivity contribution in [3.8, 4) is 5.75 Å². The van der Waals surface area contributed by atoms with Crippen molar-refractivity contribution < 1.29 is 9.53 Å². The van der Waals surface area contributed by atoms with Crippen LogP contribution in [0.2, 0.25) is 0 Å². The largest absolute Gasteiger partial charge is 0.486 e. The summed E-state index contributed by atoms with van der Waals surface area (Å²) in [4.78, 5) is 16.8. The Labute approximate surface area is 147 Å². The van der Waals surface area contributed by atoms with E-state index < -0.39 is 0 Å². The molecule has 0 atom stereocenters. The maximum atomic E-state index is 12.2. The van der Waals surface area contributed by atoms with Gasteiger partial charge in [-0.05, 0) is 37.6 Å². The number of nitrogens with one attached hydrogen (secondary N) is 1. The van der Waals surface area contributed by atoms with Crippen LogP contribution in [0.25, 0.3) is 11.0 Å². The van der Waals surface area contributed by atoms with E-state index in [2.05, 4.69) is 10.3 Å². The number of fused-ring (bicyclic) bond motifs is 1. The number of nitrogens with zero attached hydrogens (tertiary/aromatic N) is 2. The molecule has 0 aliphatic carbocycles. The number of benzene rings is 2. The number of para-hydroxylation sites is 2. The fraction of sp³-hybridized carbons (Fsp3) is 0.300. The van der Waals surface area contributed by atoms with E-state index >= 15 is 0 Å². The number of rotatable bonds is 7. The van der Waals surface area contributed by atoms with Crippen molar-refractivity contribution in [2.24, 2.45) is 0 Å². The molecule has 3 aromatic rings. The number of carbonyl (C=O) groups is 1. The molecule has 0 bridgehead atoms. The Bertz CT molecular complexity index is 853. The van der Waals surface area contributed by atoms with E-state index in [9.17, 15) is 4.79 Å².